The molecule has 2 heterocycles. The van der Waals surface area contributed by atoms with Crippen LogP contribution in [0.1, 0.15) is 94.9 Å². The number of ether oxygens (including phenoxy) is 6. The predicted molar refractivity (Wildman–Crippen MR) is 244 cm³/mol. The van der Waals surface area contributed by atoms with E-state index in [-0.39, 0.29) is 0 Å². The lowest BCUT2D eigenvalue weighted by Gasteiger charge is -2.28. The number of hydrogen-bond donors (Lipinski definition) is 0. The number of epoxide rings is 2. The van der Waals surface area contributed by atoms with E-state index in [1.165, 1.54) is 0 Å². The molecule has 4 aromatic rings. The molecule has 2 fully saturated rings. The van der Waals surface area contributed by atoms with Crippen LogP contribution in [-0.4, -0.2) is 51.8 Å². The fraction of sp³-hybridized carbons (Fsp3) is 0.467. The van der Waals surface area contributed by atoms with Gasteiger partial charge in [0.15, 0.2) is 23.0 Å². The number of hydrogen-bond acceptors (Lipinski definition) is 6. The van der Waals surface area contributed by atoms with Crippen LogP contribution in [0, 0.1) is 0 Å². The van der Waals surface area contributed by atoms with Gasteiger partial charge < -0.3 is 28.4 Å². The first kappa shape index (κ1) is 46.8. The van der Waals surface area contributed by atoms with Gasteiger partial charge in [0, 0.05) is 10.8 Å². The summed E-state index contributed by atoms with van der Waals surface area (Å²) in [6, 6.07) is 15.0. The number of rotatable bonds is 22. The second-order valence-corrected chi connectivity index (χ2v) is 19.2. The molecule has 0 radical (unpaired) electrons. The highest BCUT2D eigenvalue weighted by atomic mass is 35.5. The lowest BCUT2D eigenvalue weighted by molar-refractivity contribution is 0.279. The van der Waals surface area contributed by atoms with Gasteiger partial charge in [-0.2, -0.15) is 0 Å². The summed E-state index contributed by atoms with van der Waals surface area (Å²) in [6.07, 6.45) is 6.68. The lowest BCUT2D eigenvalue weighted by Crippen LogP contribution is -2.19. The molecular weight excluding hydrogens is 920 g/mol. The van der Waals surface area contributed by atoms with Crippen LogP contribution in [0.3, 0.4) is 0 Å². The van der Waals surface area contributed by atoms with Gasteiger partial charge in [0.2, 0.25) is 0 Å². The molecular formula is C45H48Cl8O6. The van der Waals surface area contributed by atoms with Gasteiger partial charge in [-0.1, -0.05) is 121 Å². The van der Waals surface area contributed by atoms with Gasteiger partial charge in [-0.15, -0.1) is 0 Å². The molecule has 320 valence electrons. The Morgan fingerprint density at radius 3 is 0.847 bits per heavy atom. The Morgan fingerprint density at radius 2 is 0.627 bits per heavy atom. The Kier molecular flexibility index (Phi) is 16.4. The SMILES string of the molecule is CC(C)(c1cc(Cl)c(OCCCCCOc2c(Cl)cc(C(C)(C)c3cc(Cl)c(OCCCC4CO4)c(Cl)c3)cc2Cl)c(Cl)c1)c1cc(Cl)c(OCCCC2CO2)c(Cl)c1. The summed E-state index contributed by atoms with van der Waals surface area (Å²) in [6.45, 7) is 11.8. The second-order valence-electron chi connectivity index (χ2n) is 16.0. The zero-order valence-electron chi connectivity index (χ0n) is 33.4. The smallest absolute Gasteiger partial charge is 0.156 e. The summed E-state index contributed by atoms with van der Waals surface area (Å²) in [5, 5.41) is 3.45. The van der Waals surface area contributed by atoms with Gasteiger partial charge in [-0.3, -0.25) is 0 Å². The van der Waals surface area contributed by atoms with E-state index in [4.69, 9.17) is 121 Å². The van der Waals surface area contributed by atoms with Gasteiger partial charge in [-0.25, -0.2) is 0 Å². The average Bonchev–Trinajstić information content (AvgIpc) is 4.11. The predicted octanol–water partition coefficient (Wildman–Crippen LogP) is 15.3. The molecule has 6 rings (SSSR count). The molecule has 0 bridgehead atoms. The Labute approximate surface area is 387 Å². The van der Waals surface area contributed by atoms with E-state index < -0.39 is 10.8 Å². The summed E-state index contributed by atoms with van der Waals surface area (Å²) in [5.74, 6) is 1.83. The maximum Gasteiger partial charge on any atom is 0.156 e. The minimum atomic E-state index is -0.529. The molecule has 0 aromatic heterocycles. The average molecular weight is 968 g/mol. The zero-order valence-corrected chi connectivity index (χ0v) is 39.5. The standard InChI is InChI=1S/C45H48Cl8O6/c1-44(2,28-20-36(50)42(37(51)21-28)56-14-8-10-30-24-58-30)26-16-32(46)40(33(47)17-26)54-12-6-5-7-13-55-41-34(48)18-27(19-35(41)49)45(3,4)29-22-38(52)43(39(53)23-29)57-15-9-11-31-25-59-31/h16-23,30-31H,5-15,24-25H2,1-4H3. The van der Waals surface area contributed by atoms with E-state index in [0.717, 1.165) is 80.4 Å². The van der Waals surface area contributed by atoms with Crippen LogP contribution in [0.2, 0.25) is 40.2 Å². The largest absolute Gasteiger partial charge is 0.490 e. The second kappa shape index (κ2) is 20.7. The molecule has 14 heteroatoms. The van der Waals surface area contributed by atoms with Crippen molar-refractivity contribution >= 4 is 92.8 Å². The fourth-order valence-electron chi connectivity index (χ4n) is 6.74. The first-order valence-corrected chi connectivity index (χ1v) is 22.8. The van der Waals surface area contributed by atoms with E-state index in [1.807, 2.05) is 48.5 Å². The van der Waals surface area contributed by atoms with Gasteiger partial charge >= 0.3 is 0 Å². The van der Waals surface area contributed by atoms with E-state index in [2.05, 4.69) is 27.7 Å². The van der Waals surface area contributed by atoms with Crippen molar-refractivity contribution in [2.45, 2.75) is 95.7 Å². The lowest BCUT2D eigenvalue weighted by atomic mass is 9.78. The summed E-state index contributed by atoms with van der Waals surface area (Å²) in [5.41, 5.74) is 2.50. The Morgan fingerprint density at radius 1 is 0.407 bits per heavy atom. The Balaban J connectivity index is 0.969. The van der Waals surface area contributed by atoms with Crippen molar-refractivity contribution in [3.8, 4) is 23.0 Å². The third kappa shape index (κ3) is 12.3. The molecule has 2 aliphatic heterocycles. The third-order valence-electron chi connectivity index (χ3n) is 10.8. The van der Waals surface area contributed by atoms with Crippen LogP contribution < -0.4 is 18.9 Å². The van der Waals surface area contributed by atoms with E-state index in [9.17, 15) is 0 Å². The van der Waals surface area contributed by atoms with Crippen molar-refractivity contribution in [1.82, 2.24) is 0 Å². The molecule has 2 saturated heterocycles. The Hall–Kier alpha value is -1.68. The van der Waals surface area contributed by atoms with Gasteiger partial charge in [-0.05, 0) is 116 Å². The molecule has 0 amide bonds. The summed E-state index contributed by atoms with van der Waals surface area (Å²) >= 11 is 53.6. The van der Waals surface area contributed by atoms with Crippen LogP contribution in [0.25, 0.3) is 0 Å². The van der Waals surface area contributed by atoms with Crippen molar-refractivity contribution in [1.29, 1.82) is 0 Å². The highest BCUT2D eigenvalue weighted by Gasteiger charge is 2.30. The van der Waals surface area contributed by atoms with Crippen molar-refractivity contribution in [3.05, 3.63) is 111 Å². The van der Waals surface area contributed by atoms with Crippen molar-refractivity contribution in [2.24, 2.45) is 0 Å². The number of benzene rings is 4. The van der Waals surface area contributed by atoms with E-state index in [0.29, 0.717) is 102 Å². The molecule has 4 aromatic carbocycles. The minimum absolute atomic E-state index is 0.355. The highest BCUT2D eigenvalue weighted by Crippen LogP contribution is 2.46. The van der Waals surface area contributed by atoms with Gasteiger partial charge in [0.1, 0.15) is 0 Å². The number of halogens is 8. The maximum absolute atomic E-state index is 6.74. The van der Waals surface area contributed by atoms with Crippen LogP contribution >= 0.6 is 92.8 Å². The maximum atomic E-state index is 6.74. The molecule has 0 spiro atoms. The van der Waals surface area contributed by atoms with Crippen molar-refractivity contribution in [2.75, 3.05) is 39.6 Å². The Bertz CT molecular complexity index is 1860. The molecule has 59 heavy (non-hydrogen) atoms. The molecule has 0 N–H and O–H groups in total. The third-order valence-corrected chi connectivity index (χ3v) is 13.0. The van der Waals surface area contributed by atoms with Crippen LogP contribution in [0.4, 0.5) is 0 Å². The molecule has 2 aliphatic rings. The highest BCUT2D eigenvalue weighted by molar-refractivity contribution is 6.39. The van der Waals surface area contributed by atoms with Crippen LogP contribution in [0.5, 0.6) is 23.0 Å². The van der Waals surface area contributed by atoms with E-state index in [1.54, 1.807) is 0 Å². The van der Waals surface area contributed by atoms with Gasteiger partial charge in [0.05, 0.1) is 92.0 Å². The zero-order chi connectivity index (χ0) is 42.5. The first-order valence-electron chi connectivity index (χ1n) is 19.8. The van der Waals surface area contributed by atoms with Crippen LogP contribution in [0.15, 0.2) is 48.5 Å². The van der Waals surface area contributed by atoms with E-state index >= 15 is 0 Å². The van der Waals surface area contributed by atoms with Gasteiger partial charge in [0.25, 0.3) is 0 Å². The topological polar surface area (TPSA) is 62.0 Å². The monoisotopic (exact) mass is 964 g/mol. The molecule has 0 aliphatic carbocycles. The normalized spacial score (nSPS) is 16.3. The summed E-state index contributed by atoms with van der Waals surface area (Å²) in [7, 11) is 0. The quantitative estimate of drug-likeness (QED) is 0.0578. The molecule has 2 unspecified atom stereocenters. The fourth-order valence-corrected chi connectivity index (χ4v) is 9.12. The minimum Gasteiger partial charge on any atom is -0.490 e. The first-order chi connectivity index (χ1) is 28.1. The van der Waals surface area contributed by atoms with Crippen LogP contribution in [-0.2, 0) is 20.3 Å². The summed E-state index contributed by atoms with van der Waals surface area (Å²) < 4.78 is 34.5. The van der Waals surface area contributed by atoms with Crippen molar-refractivity contribution in [3.63, 3.8) is 0 Å². The molecule has 6 nitrogen and oxygen atoms in total. The summed E-state index contributed by atoms with van der Waals surface area (Å²) in [4.78, 5) is 0. The molecule has 0 saturated carbocycles. The van der Waals surface area contributed by atoms with Crippen molar-refractivity contribution < 1.29 is 28.4 Å². The number of unbranched alkanes of at least 4 members (excludes halogenated alkanes) is 2. The molecule has 2 atom stereocenters.